The smallest absolute Gasteiger partial charge is 0.317 e. The molecule has 6 radical (unpaired) electrons. The topological polar surface area (TPSA) is 284 Å². The van der Waals surface area contributed by atoms with Gasteiger partial charge in [0, 0.05) is 102 Å². The molecule has 4 aliphatic rings. The van der Waals surface area contributed by atoms with E-state index in [0.717, 1.165) is 70.5 Å². The molecule has 0 bridgehead atoms. The third-order valence-electron chi connectivity index (χ3n) is 16.4. The molecule has 128 heavy (non-hydrogen) atoms. The second-order valence-corrected chi connectivity index (χ2v) is 54.4. The Kier molecular flexibility index (Phi) is 56.3. The third kappa shape index (κ3) is 48.4. The van der Waals surface area contributed by atoms with E-state index in [2.05, 4.69) is 182 Å². The van der Waals surface area contributed by atoms with Crippen LogP contribution in [0.2, 0.25) is 29.7 Å². The molecule has 0 atom stereocenters. The SMILES string of the molecule is Brc1cncc(Br)c1.Brc1cncc(Cc2ccccc2)c1.CC(C)(C)OC(=O)N1CC=C(OS(=O)(=O)C(F)(F)F)CC1.CC(C)(C)OC(=O)N1CC=[C]([Sn]([CH3])([CH3])[CH3])CC1.CC(C)(C)OC(=O)N1CCC(=O)CC1.O=S(=O)(N(c1ccc(Cl)cn1)S(=O)(=O)C(F)(F)F)C(F)(F)F.[Br-].[CH2-]c1ccccc1.[CH3][Sn].[CH3][Sn].[Mg+2].c1ccc(Cc2cncc(C3CCNCC3)c2)cc1. The molecule has 8 heterocycles. The number of nitrogens with zero attached hydrogens (tertiary/aromatic N) is 8. The summed E-state index contributed by atoms with van der Waals surface area (Å²) in [6, 6.07) is 38.2. The average molecular weight is 2470 g/mol. The number of hydrogen-bond acceptors (Lipinski definition) is 19. The summed E-state index contributed by atoms with van der Waals surface area (Å²) < 4.78 is 200. The number of hydrogen-bond donors (Lipinski definition) is 1. The zero-order valence-electron chi connectivity index (χ0n) is 73.4. The van der Waals surface area contributed by atoms with Gasteiger partial charge in [-0.05, 0) is 192 Å². The van der Waals surface area contributed by atoms with Gasteiger partial charge in [-0.2, -0.15) is 89.4 Å². The summed E-state index contributed by atoms with van der Waals surface area (Å²) in [7, 11) is -19.5. The molecule has 1 N–H and O–H groups in total. The maximum absolute atomic E-state index is 12.5. The van der Waals surface area contributed by atoms with Gasteiger partial charge in [-0.3, -0.25) is 19.7 Å². The molecule has 0 unspecified atom stereocenters. The molecule has 0 spiro atoms. The van der Waals surface area contributed by atoms with Crippen molar-refractivity contribution in [2.24, 2.45) is 0 Å². The molecule has 0 saturated carbocycles. The van der Waals surface area contributed by atoms with Gasteiger partial charge in [-0.15, -0.1) is 15.8 Å². The first-order valence-electron chi connectivity index (χ1n) is 38.7. The van der Waals surface area contributed by atoms with Crippen LogP contribution in [0.4, 0.5) is 59.7 Å². The van der Waals surface area contributed by atoms with Gasteiger partial charge in [-0.25, -0.2) is 14.6 Å². The molecular weight excluding hydrogens is 2360 g/mol. The molecule has 3 amide bonds. The van der Waals surface area contributed by atoms with E-state index < -0.39 is 97.5 Å². The van der Waals surface area contributed by atoms with Crippen LogP contribution in [-0.4, -0.2) is 256 Å². The van der Waals surface area contributed by atoms with Crippen molar-refractivity contribution in [3.8, 4) is 0 Å². The second-order valence-electron chi connectivity index (χ2n) is 31.2. The monoisotopic (exact) mass is 2470 g/mol. The van der Waals surface area contributed by atoms with E-state index in [4.69, 9.17) is 25.8 Å². The number of aromatic nitrogens is 4. The summed E-state index contributed by atoms with van der Waals surface area (Å²) >= 11 is 16.5. The number of piperidine rings is 2. The van der Waals surface area contributed by atoms with Crippen molar-refractivity contribution < 1.29 is 119 Å². The molecular formula is C84H107Br4ClF9MgN9O14S3Sn3. The summed E-state index contributed by atoms with van der Waals surface area (Å²) in [6.07, 6.45) is 20.1. The number of benzene rings is 3. The van der Waals surface area contributed by atoms with Crippen molar-refractivity contribution in [3.05, 3.63) is 245 Å². The maximum atomic E-state index is 12.5. The van der Waals surface area contributed by atoms with Crippen LogP contribution in [0, 0.1) is 6.92 Å². The van der Waals surface area contributed by atoms with E-state index in [0.29, 0.717) is 44.1 Å². The van der Waals surface area contributed by atoms with E-state index in [9.17, 15) is 83.9 Å². The fourth-order valence-electron chi connectivity index (χ4n) is 10.6. The van der Waals surface area contributed by atoms with Crippen LogP contribution in [0.25, 0.3) is 0 Å². The maximum Gasteiger partial charge on any atom is 2.00 e. The van der Waals surface area contributed by atoms with Crippen LogP contribution in [0.5, 0.6) is 0 Å². The molecule has 7 aromatic rings. The van der Waals surface area contributed by atoms with Gasteiger partial charge < -0.3 is 45.8 Å². The minimum absolute atomic E-state index is 0. The summed E-state index contributed by atoms with van der Waals surface area (Å²) in [5.74, 6) is -1.07. The first kappa shape index (κ1) is 123. The number of sulfonamides is 2. The zero-order valence-corrected chi connectivity index (χ0v) is 92.9. The number of carbonyl (C=O) groups is 4. The van der Waals surface area contributed by atoms with Gasteiger partial charge in [0.1, 0.15) is 22.7 Å². The second kappa shape index (κ2) is 58.5. The van der Waals surface area contributed by atoms with Crippen LogP contribution in [0.15, 0.2) is 200 Å². The van der Waals surface area contributed by atoms with Gasteiger partial charge in [-0.1, -0.05) is 84.4 Å². The number of alkyl halides is 9. The van der Waals surface area contributed by atoms with Crippen LogP contribution in [0.1, 0.15) is 140 Å². The molecule has 702 valence electrons. The number of amides is 3. The number of nitrogens with one attached hydrogen (secondary N) is 1. The Bertz CT molecular complexity index is 4870. The van der Waals surface area contributed by atoms with Gasteiger partial charge in [0.25, 0.3) is 0 Å². The Morgan fingerprint density at radius 1 is 0.523 bits per heavy atom. The first-order chi connectivity index (χ1) is 58.4. The van der Waals surface area contributed by atoms with Crippen molar-refractivity contribution >= 4 is 206 Å². The largest absolute Gasteiger partial charge is 2.00 e. The van der Waals surface area contributed by atoms with Gasteiger partial charge in [0.2, 0.25) is 0 Å². The Hall–Kier alpha value is -4.76. The van der Waals surface area contributed by atoms with Gasteiger partial charge in [0.15, 0.2) is 5.82 Å². The van der Waals surface area contributed by atoms with Crippen molar-refractivity contribution in [2.45, 2.75) is 178 Å². The van der Waals surface area contributed by atoms with Crippen molar-refractivity contribution in [2.75, 3.05) is 56.1 Å². The minimum atomic E-state index is -6.93. The Labute approximate surface area is 834 Å². The number of ketones is 1. The molecule has 0 aliphatic carbocycles. The van der Waals surface area contributed by atoms with Crippen LogP contribution >= 0.6 is 59.4 Å². The summed E-state index contributed by atoms with van der Waals surface area (Å²) in [6.45, 7) is 24.7. The first-order valence-corrected chi connectivity index (χ1v) is 61.4. The average Bonchev–Trinajstić information content (AvgIpc) is 0.738. The van der Waals surface area contributed by atoms with Crippen molar-refractivity contribution in [1.82, 2.24) is 40.0 Å². The van der Waals surface area contributed by atoms with Crippen molar-refractivity contribution in [1.29, 1.82) is 0 Å². The summed E-state index contributed by atoms with van der Waals surface area (Å²) in [5, 5.41) is 3.14. The fraction of sp³-hybridized carbons (Fsp3) is 0.440. The van der Waals surface area contributed by atoms with Crippen LogP contribution in [-0.2, 0) is 66.2 Å². The summed E-state index contributed by atoms with van der Waals surface area (Å²) in [4.78, 5) is 77.4. The van der Waals surface area contributed by atoms with E-state index in [1.165, 1.54) is 45.6 Å². The number of anilines is 1. The van der Waals surface area contributed by atoms with E-state index in [1.54, 1.807) is 97.8 Å². The quantitative estimate of drug-likeness (QED) is 0.0314. The fourth-order valence-corrected chi connectivity index (χ4v) is 19.8. The number of halogens is 14. The minimum Gasteiger partial charge on any atom is -0.317 e. The van der Waals surface area contributed by atoms with Gasteiger partial charge >= 0.3 is 246 Å². The number of ether oxygens (including phenoxy) is 3. The Morgan fingerprint density at radius 2 is 0.906 bits per heavy atom. The Balaban J connectivity index is 0.00000145. The van der Waals surface area contributed by atoms with E-state index in [1.807, 2.05) is 103 Å². The molecule has 2 saturated heterocycles. The summed E-state index contributed by atoms with van der Waals surface area (Å²) in [5.41, 5.74) is -12.0. The van der Waals surface area contributed by atoms with E-state index >= 15 is 0 Å². The number of likely N-dealkylation sites (tertiary alicyclic amines) is 1. The van der Waals surface area contributed by atoms with Gasteiger partial charge in [0.05, 0.1) is 5.02 Å². The molecule has 3 aromatic carbocycles. The molecule has 11 rings (SSSR count). The number of rotatable bonds is 11. The zero-order chi connectivity index (χ0) is 95.9. The molecule has 44 heteroatoms. The molecule has 2 fully saturated rings. The predicted octanol–water partition coefficient (Wildman–Crippen LogP) is 17.7. The number of carbonyl (C=O) groups excluding carboxylic acids is 4. The van der Waals surface area contributed by atoms with Crippen LogP contribution in [0.3, 0.4) is 0 Å². The Morgan fingerprint density at radius 3 is 1.24 bits per heavy atom. The molecule has 4 aromatic heterocycles. The number of pyridine rings is 4. The van der Waals surface area contributed by atoms with Crippen LogP contribution < -0.4 is 26.0 Å². The standard InChI is InChI=1S/C17H20N2.C12H10BrN.C11H16F3NO5S.C10H17NO3.C10H16NO2.C7H3ClF6N2O4S2.C7H7.C5H3Br2N.5CH3.BrH.Mg.3Sn/c1-2-4-14(5-3-1)10-15-11-17(13-19-12-15)16-6-8-18-9-7-16;13-12-7-11(8-14-9-12)6-10-4-2-1-3-5-10;1-10(2,3)19-9(16)15-6-4-8(5-7-15)20-21(17,18)11(12,13)14;1-10(2,3)14-9(13)11-6-4-8(12)5-7-11;1-10(2,3)13-9(12)11-7-5-4-6-8-11;8-4-1-2-5(15-3-4)16(21(17,18)6(9,10)11)22(19,20)7(12,13)14;1-7-5-3-2-4-6-7;6-4-1-5(7)3-8-2-4;;;;;;;;;;/h1-5,11-13,16,18H,6-10H2;1-5,7-9H,6H2;4H,5-7H2,1-3H3;4-7H2,1-3H3;5H,6-8H2,1-3H3;1-3H;2-6H,1H2;1-3H;5*1H3;1H;;;;/q;;;;;;-1;;;;;;;;+2;;;/p-1. The molecule has 23 nitrogen and oxygen atoms in total. The number of Topliss-reactive ketones (excluding diaryl/α,β-unsaturated/α-hetero) is 1. The molecule has 4 aliphatic heterocycles. The van der Waals surface area contributed by atoms with E-state index in [-0.39, 0.29) is 94.4 Å². The van der Waals surface area contributed by atoms with Crippen molar-refractivity contribution in [3.63, 3.8) is 0 Å². The third-order valence-corrected chi connectivity index (χ3v) is 29.4. The predicted molar refractivity (Wildman–Crippen MR) is 493 cm³/mol. The normalized spacial score (nSPS) is 14.3.